The van der Waals surface area contributed by atoms with Crippen LogP contribution in [0.2, 0.25) is 10.0 Å². The SMILES string of the molecule is Cn1cncc1C(N)(c1ccc(Cl)cc1)c1cc2c3c(c1)c(-c1cccc(Cl)c1)cc(=O)n3CCC2. The fourth-order valence-corrected chi connectivity index (χ4v) is 5.80. The maximum Gasteiger partial charge on any atom is 0.251 e. The molecule has 36 heavy (non-hydrogen) atoms. The molecule has 5 aromatic rings. The number of hydrogen-bond donors (Lipinski definition) is 1. The van der Waals surface area contributed by atoms with E-state index in [-0.39, 0.29) is 5.56 Å². The van der Waals surface area contributed by atoms with Crippen molar-refractivity contribution in [3.63, 3.8) is 0 Å². The van der Waals surface area contributed by atoms with Crippen molar-refractivity contribution in [3.05, 3.63) is 122 Å². The van der Waals surface area contributed by atoms with Crippen molar-refractivity contribution >= 4 is 34.1 Å². The molecule has 5 nitrogen and oxygen atoms in total. The summed E-state index contributed by atoms with van der Waals surface area (Å²) in [6, 6.07) is 21.3. The predicted octanol–water partition coefficient (Wildman–Crippen LogP) is 5.91. The molecule has 180 valence electrons. The molecular formula is C29H24Cl2N4O. The lowest BCUT2D eigenvalue weighted by Gasteiger charge is -2.33. The third-order valence-corrected chi connectivity index (χ3v) is 7.71. The number of pyridine rings is 1. The Balaban J connectivity index is 1.72. The van der Waals surface area contributed by atoms with E-state index in [0.29, 0.717) is 16.6 Å². The van der Waals surface area contributed by atoms with Crippen molar-refractivity contribution in [2.75, 3.05) is 0 Å². The van der Waals surface area contributed by atoms with Crippen LogP contribution in [0, 0.1) is 0 Å². The summed E-state index contributed by atoms with van der Waals surface area (Å²) in [5.74, 6) is 0. The number of aromatic nitrogens is 3. The number of nitrogens with zero attached hydrogens (tertiary/aromatic N) is 3. The first-order valence-corrected chi connectivity index (χ1v) is 12.6. The molecule has 1 unspecified atom stereocenters. The number of halogens is 2. The Morgan fingerprint density at radius 2 is 1.78 bits per heavy atom. The van der Waals surface area contributed by atoms with Crippen LogP contribution in [0.25, 0.3) is 22.0 Å². The fraction of sp³-hybridized carbons (Fsp3) is 0.172. The van der Waals surface area contributed by atoms with Gasteiger partial charge in [-0.2, -0.15) is 0 Å². The van der Waals surface area contributed by atoms with Crippen molar-refractivity contribution in [1.29, 1.82) is 0 Å². The van der Waals surface area contributed by atoms with Gasteiger partial charge < -0.3 is 14.9 Å². The van der Waals surface area contributed by atoms with Crippen LogP contribution >= 0.6 is 23.2 Å². The third kappa shape index (κ3) is 3.58. The quantitative estimate of drug-likeness (QED) is 0.324. The summed E-state index contributed by atoms with van der Waals surface area (Å²) in [7, 11) is 1.94. The van der Waals surface area contributed by atoms with E-state index in [1.807, 2.05) is 70.9 Å². The van der Waals surface area contributed by atoms with Crippen LogP contribution < -0.4 is 11.3 Å². The molecule has 7 heteroatoms. The first-order valence-electron chi connectivity index (χ1n) is 11.8. The van der Waals surface area contributed by atoms with Gasteiger partial charge in [0.25, 0.3) is 5.56 Å². The van der Waals surface area contributed by atoms with Crippen molar-refractivity contribution in [3.8, 4) is 11.1 Å². The molecule has 0 fully saturated rings. The van der Waals surface area contributed by atoms with Gasteiger partial charge in [0.1, 0.15) is 5.54 Å². The molecule has 6 rings (SSSR count). The highest BCUT2D eigenvalue weighted by molar-refractivity contribution is 6.31. The van der Waals surface area contributed by atoms with Gasteiger partial charge in [-0.15, -0.1) is 0 Å². The molecule has 0 saturated carbocycles. The minimum atomic E-state index is -0.995. The average molecular weight is 515 g/mol. The Kier molecular flexibility index (Phi) is 5.52. The molecule has 0 amide bonds. The van der Waals surface area contributed by atoms with Crippen LogP contribution in [0.5, 0.6) is 0 Å². The summed E-state index contributed by atoms with van der Waals surface area (Å²) in [6.45, 7) is 0.699. The Morgan fingerprint density at radius 3 is 2.50 bits per heavy atom. The molecule has 2 aromatic heterocycles. The minimum absolute atomic E-state index is 0.00507. The predicted molar refractivity (Wildman–Crippen MR) is 146 cm³/mol. The molecule has 0 aliphatic carbocycles. The van der Waals surface area contributed by atoms with Crippen LogP contribution in [0.4, 0.5) is 0 Å². The Labute approximate surface area is 218 Å². The Bertz CT molecular complexity index is 1690. The van der Waals surface area contributed by atoms with Crippen molar-refractivity contribution in [1.82, 2.24) is 14.1 Å². The lowest BCUT2D eigenvalue weighted by molar-refractivity contribution is 0.589. The van der Waals surface area contributed by atoms with E-state index in [1.54, 1.807) is 12.4 Å². The molecule has 1 aliphatic heterocycles. The second-order valence-electron chi connectivity index (χ2n) is 9.40. The van der Waals surface area contributed by atoms with Gasteiger partial charge in [0.2, 0.25) is 0 Å². The van der Waals surface area contributed by atoms with Gasteiger partial charge in [-0.05, 0) is 71.0 Å². The second-order valence-corrected chi connectivity index (χ2v) is 10.3. The molecular weight excluding hydrogens is 491 g/mol. The summed E-state index contributed by atoms with van der Waals surface area (Å²) in [6.07, 6.45) is 5.33. The average Bonchev–Trinajstić information content (AvgIpc) is 3.32. The first kappa shape index (κ1) is 23.0. The summed E-state index contributed by atoms with van der Waals surface area (Å²) in [4.78, 5) is 17.5. The van der Waals surface area contributed by atoms with Gasteiger partial charge in [0.15, 0.2) is 0 Å². The summed E-state index contributed by atoms with van der Waals surface area (Å²) >= 11 is 12.6. The molecule has 1 aliphatic rings. The minimum Gasteiger partial charge on any atom is -0.336 e. The number of aryl methyl sites for hydroxylation is 3. The maximum absolute atomic E-state index is 13.2. The van der Waals surface area contributed by atoms with E-state index in [1.165, 1.54) is 0 Å². The summed E-state index contributed by atoms with van der Waals surface area (Å²) in [5, 5.41) is 2.25. The van der Waals surface area contributed by atoms with E-state index in [2.05, 4.69) is 17.1 Å². The van der Waals surface area contributed by atoms with Gasteiger partial charge in [-0.3, -0.25) is 4.79 Å². The van der Waals surface area contributed by atoms with E-state index < -0.39 is 5.54 Å². The number of hydrogen-bond acceptors (Lipinski definition) is 3. The van der Waals surface area contributed by atoms with Crippen LogP contribution in [0.3, 0.4) is 0 Å². The maximum atomic E-state index is 13.2. The van der Waals surface area contributed by atoms with Crippen LogP contribution in [0.1, 0.15) is 28.8 Å². The number of nitrogens with two attached hydrogens (primary N) is 1. The summed E-state index contributed by atoms with van der Waals surface area (Å²) in [5.41, 5.74) is 12.9. The van der Waals surface area contributed by atoms with Crippen molar-refractivity contribution < 1.29 is 0 Å². The van der Waals surface area contributed by atoms with Crippen LogP contribution in [0.15, 0.2) is 84.0 Å². The fourth-order valence-electron chi connectivity index (χ4n) is 5.48. The van der Waals surface area contributed by atoms with E-state index in [0.717, 1.165) is 57.3 Å². The molecule has 3 heterocycles. The smallest absolute Gasteiger partial charge is 0.251 e. The molecule has 0 saturated heterocycles. The second kappa shape index (κ2) is 8.63. The Hall–Kier alpha value is -3.38. The van der Waals surface area contributed by atoms with Gasteiger partial charge in [0, 0.05) is 35.1 Å². The highest BCUT2D eigenvalue weighted by Gasteiger charge is 2.36. The zero-order valence-corrected chi connectivity index (χ0v) is 21.2. The molecule has 0 bridgehead atoms. The number of rotatable bonds is 4. The van der Waals surface area contributed by atoms with Crippen LogP contribution in [-0.4, -0.2) is 14.1 Å². The van der Waals surface area contributed by atoms with Crippen molar-refractivity contribution in [2.24, 2.45) is 12.8 Å². The monoisotopic (exact) mass is 514 g/mol. The molecule has 2 N–H and O–H groups in total. The lowest BCUT2D eigenvalue weighted by Crippen LogP contribution is -2.41. The standard InChI is InChI=1S/C29H24Cl2N4O/c1-34-17-33-16-26(34)29(32,20-7-9-22(30)10-8-20)21-12-19-5-3-11-35-27(36)15-24(25(14-21)28(19)35)18-4-2-6-23(31)13-18/h2,4,6-10,12-17H,3,5,11,32H2,1H3. The van der Waals surface area contributed by atoms with Gasteiger partial charge >= 0.3 is 0 Å². The van der Waals surface area contributed by atoms with Crippen molar-refractivity contribution in [2.45, 2.75) is 24.9 Å². The topological polar surface area (TPSA) is 65.8 Å². The molecule has 3 aromatic carbocycles. The first-order chi connectivity index (χ1) is 17.4. The van der Waals surface area contributed by atoms with Gasteiger partial charge in [-0.1, -0.05) is 53.5 Å². The normalized spacial score (nSPS) is 14.7. The van der Waals surface area contributed by atoms with E-state index >= 15 is 0 Å². The zero-order chi connectivity index (χ0) is 25.0. The molecule has 0 spiro atoms. The third-order valence-electron chi connectivity index (χ3n) is 7.22. The zero-order valence-electron chi connectivity index (χ0n) is 19.7. The number of imidazole rings is 1. The molecule has 0 radical (unpaired) electrons. The van der Waals surface area contributed by atoms with E-state index in [9.17, 15) is 4.79 Å². The van der Waals surface area contributed by atoms with Gasteiger partial charge in [-0.25, -0.2) is 4.98 Å². The molecule has 1 atom stereocenters. The Morgan fingerprint density at radius 1 is 0.972 bits per heavy atom. The highest BCUT2D eigenvalue weighted by Crippen LogP contribution is 2.40. The number of benzene rings is 3. The van der Waals surface area contributed by atoms with E-state index in [4.69, 9.17) is 28.9 Å². The van der Waals surface area contributed by atoms with Gasteiger partial charge in [0.05, 0.1) is 23.7 Å². The van der Waals surface area contributed by atoms with Crippen LogP contribution in [-0.2, 0) is 25.6 Å². The lowest BCUT2D eigenvalue weighted by atomic mass is 9.78. The summed E-state index contributed by atoms with van der Waals surface area (Å²) < 4.78 is 3.83. The largest absolute Gasteiger partial charge is 0.336 e. The highest BCUT2D eigenvalue weighted by atomic mass is 35.5.